The number of nitrogens with zero attached hydrogens (tertiary/aromatic N) is 1. The van der Waals surface area contributed by atoms with Crippen LogP contribution in [0.2, 0.25) is 0 Å². The number of hydrogen-bond acceptors (Lipinski definition) is 3. The van der Waals surface area contributed by atoms with Gasteiger partial charge >= 0.3 is 0 Å². The van der Waals surface area contributed by atoms with Gasteiger partial charge in [0.15, 0.2) is 5.69 Å². The highest BCUT2D eigenvalue weighted by molar-refractivity contribution is 9.09. The number of rotatable bonds is 6. The van der Waals surface area contributed by atoms with Crippen molar-refractivity contribution in [3.8, 4) is 0 Å². The molecule has 0 fully saturated rings. The summed E-state index contributed by atoms with van der Waals surface area (Å²) >= 11 is 3.60. The Morgan fingerprint density at radius 1 is 1.56 bits per heavy atom. The zero-order valence-corrected chi connectivity index (χ0v) is 11.2. The summed E-state index contributed by atoms with van der Waals surface area (Å²) in [5.74, 6) is 0.391. The van der Waals surface area contributed by atoms with Crippen LogP contribution >= 0.6 is 15.9 Å². The highest BCUT2D eigenvalue weighted by Gasteiger charge is 2.17. The van der Waals surface area contributed by atoms with E-state index in [9.17, 15) is 4.79 Å². The molecule has 90 valence electrons. The molecule has 1 aromatic heterocycles. The molecule has 0 radical (unpaired) electrons. The highest BCUT2D eigenvalue weighted by Crippen LogP contribution is 2.19. The van der Waals surface area contributed by atoms with E-state index in [1.165, 1.54) is 6.26 Å². The molecule has 5 heteroatoms. The van der Waals surface area contributed by atoms with Gasteiger partial charge in [0.2, 0.25) is 0 Å². The van der Waals surface area contributed by atoms with Gasteiger partial charge in [0.05, 0.1) is 0 Å². The molecule has 0 aliphatic heterocycles. The molecule has 1 amide bonds. The van der Waals surface area contributed by atoms with E-state index in [1.54, 1.807) is 6.07 Å². The molecule has 0 saturated heterocycles. The number of carbonyl (C=O) groups is 1. The molecule has 0 bridgehead atoms. The van der Waals surface area contributed by atoms with Gasteiger partial charge in [-0.15, -0.1) is 0 Å². The summed E-state index contributed by atoms with van der Waals surface area (Å²) in [6.07, 6.45) is 3.60. The van der Waals surface area contributed by atoms with Crippen molar-refractivity contribution in [3.63, 3.8) is 0 Å². The van der Waals surface area contributed by atoms with Crippen molar-refractivity contribution < 1.29 is 9.32 Å². The number of alkyl halides is 1. The van der Waals surface area contributed by atoms with Crippen LogP contribution in [0.15, 0.2) is 16.9 Å². The first-order valence-corrected chi connectivity index (χ1v) is 6.43. The van der Waals surface area contributed by atoms with Gasteiger partial charge in [-0.25, -0.2) is 0 Å². The standard InChI is InChI=1S/C11H17BrN2O2/c1-3-8(4-2)9(12)7-13-11(15)10-5-6-16-14-10/h5-6,8-9H,3-4,7H2,1-2H3,(H,13,15). The van der Waals surface area contributed by atoms with E-state index in [0.29, 0.717) is 23.0 Å². The van der Waals surface area contributed by atoms with E-state index in [4.69, 9.17) is 0 Å². The van der Waals surface area contributed by atoms with Crippen LogP contribution in [0.4, 0.5) is 0 Å². The van der Waals surface area contributed by atoms with Crippen molar-refractivity contribution in [2.24, 2.45) is 5.92 Å². The number of carbonyl (C=O) groups excluding carboxylic acids is 1. The van der Waals surface area contributed by atoms with Gasteiger partial charge in [0.1, 0.15) is 6.26 Å². The number of halogens is 1. The second-order valence-electron chi connectivity index (χ2n) is 3.69. The molecule has 0 aromatic carbocycles. The van der Waals surface area contributed by atoms with Crippen molar-refractivity contribution in [2.45, 2.75) is 31.5 Å². The Hall–Kier alpha value is -0.840. The Balaban J connectivity index is 2.37. The molecule has 0 aliphatic carbocycles. The van der Waals surface area contributed by atoms with Crippen molar-refractivity contribution in [1.82, 2.24) is 10.5 Å². The maximum atomic E-state index is 11.6. The van der Waals surface area contributed by atoms with Crippen LogP contribution in [0.3, 0.4) is 0 Å². The van der Waals surface area contributed by atoms with Crippen LogP contribution in [0.1, 0.15) is 37.2 Å². The smallest absolute Gasteiger partial charge is 0.273 e. The monoisotopic (exact) mass is 288 g/mol. The Morgan fingerprint density at radius 3 is 2.75 bits per heavy atom. The lowest BCUT2D eigenvalue weighted by Gasteiger charge is -2.19. The summed E-state index contributed by atoms with van der Waals surface area (Å²) in [4.78, 5) is 11.9. The first-order valence-electron chi connectivity index (χ1n) is 5.51. The largest absolute Gasteiger partial charge is 0.364 e. The van der Waals surface area contributed by atoms with Gasteiger partial charge in [0.25, 0.3) is 5.91 Å². The molecule has 1 heterocycles. The van der Waals surface area contributed by atoms with Gasteiger partial charge in [-0.2, -0.15) is 0 Å². The molecule has 0 aliphatic rings. The summed E-state index contributed by atoms with van der Waals surface area (Å²) in [7, 11) is 0. The lowest BCUT2D eigenvalue weighted by atomic mass is 9.99. The fraction of sp³-hybridized carbons (Fsp3) is 0.636. The molecular weight excluding hydrogens is 272 g/mol. The minimum Gasteiger partial charge on any atom is -0.364 e. The van der Waals surface area contributed by atoms with E-state index in [1.807, 2.05) is 0 Å². The Labute approximate surface area is 104 Å². The lowest BCUT2D eigenvalue weighted by Crippen LogP contribution is -2.33. The molecule has 1 rings (SSSR count). The summed E-state index contributed by atoms with van der Waals surface area (Å²) in [6, 6.07) is 1.55. The number of nitrogens with one attached hydrogen (secondary N) is 1. The summed E-state index contributed by atoms with van der Waals surface area (Å²) in [5, 5.41) is 6.40. The normalized spacial score (nSPS) is 12.8. The van der Waals surface area contributed by atoms with Gasteiger partial charge < -0.3 is 9.84 Å². The zero-order chi connectivity index (χ0) is 12.0. The second kappa shape index (κ2) is 6.68. The Bertz CT molecular complexity index is 310. The number of hydrogen-bond donors (Lipinski definition) is 1. The zero-order valence-electron chi connectivity index (χ0n) is 9.57. The van der Waals surface area contributed by atoms with E-state index in [-0.39, 0.29) is 5.91 Å². The predicted molar refractivity (Wildman–Crippen MR) is 65.6 cm³/mol. The minimum atomic E-state index is -0.191. The maximum Gasteiger partial charge on any atom is 0.273 e. The molecule has 0 saturated carbocycles. The third-order valence-electron chi connectivity index (χ3n) is 2.69. The van der Waals surface area contributed by atoms with Crippen LogP contribution in [0.25, 0.3) is 0 Å². The van der Waals surface area contributed by atoms with Crippen molar-refractivity contribution in [3.05, 3.63) is 18.0 Å². The number of aromatic nitrogens is 1. The third-order valence-corrected chi connectivity index (χ3v) is 3.76. The van der Waals surface area contributed by atoms with Crippen LogP contribution in [0, 0.1) is 5.92 Å². The summed E-state index contributed by atoms with van der Waals surface area (Å²) < 4.78 is 4.61. The van der Waals surface area contributed by atoms with Crippen LogP contribution in [0.5, 0.6) is 0 Å². The maximum absolute atomic E-state index is 11.6. The van der Waals surface area contributed by atoms with Gasteiger partial charge in [0, 0.05) is 17.4 Å². The van der Waals surface area contributed by atoms with Gasteiger partial charge in [-0.3, -0.25) is 4.79 Å². The van der Waals surface area contributed by atoms with E-state index < -0.39 is 0 Å². The molecule has 1 unspecified atom stereocenters. The molecule has 0 spiro atoms. The van der Waals surface area contributed by atoms with Crippen molar-refractivity contribution in [1.29, 1.82) is 0 Å². The summed E-state index contributed by atoms with van der Waals surface area (Å²) in [6.45, 7) is 4.92. The van der Waals surface area contributed by atoms with E-state index >= 15 is 0 Å². The third kappa shape index (κ3) is 3.63. The highest BCUT2D eigenvalue weighted by atomic mass is 79.9. The minimum absolute atomic E-state index is 0.191. The lowest BCUT2D eigenvalue weighted by molar-refractivity contribution is 0.0943. The van der Waals surface area contributed by atoms with Crippen molar-refractivity contribution >= 4 is 21.8 Å². The molecule has 1 N–H and O–H groups in total. The van der Waals surface area contributed by atoms with Gasteiger partial charge in [-0.1, -0.05) is 47.8 Å². The average molecular weight is 289 g/mol. The fourth-order valence-electron chi connectivity index (χ4n) is 1.58. The second-order valence-corrected chi connectivity index (χ2v) is 4.86. The first kappa shape index (κ1) is 13.2. The van der Waals surface area contributed by atoms with E-state index in [0.717, 1.165) is 12.8 Å². The SMILES string of the molecule is CCC(CC)C(Br)CNC(=O)c1ccon1. The summed E-state index contributed by atoms with van der Waals surface area (Å²) in [5.41, 5.74) is 0.323. The average Bonchev–Trinajstić information content (AvgIpc) is 2.81. The molecule has 1 aromatic rings. The Kier molecular flexibility index (Phi) is 5.52. The quantitative estimate of drug-likeness (QED) is 0.819. The fourth-order valence-corrected chi connectivity index (χ4v) is 2.49. The van der Waals surface area contributed by atoms with Crippen LogP contribution in [-0.4, -0.2) is 22.4 Å². The number of amides is 1. The first-order chi connectivity index (χ1) is 7.69. The predicted octanol–water partition coefficient (Wildman–Crippen LogP) is 2.60. The Morgan fingerprint density at radius 2 is 2.25 bits per heavy atom. The van der Waals surface area contributed by atoms with Crippen molar-refractivity contribution in [2.75, 3.05) is 6.54 Å². The van der Waals surface area contributed by atoms with Gasteiger partial charge in [-0.05, 0) is 5.92 Å². The topological polar surface area (TPSA) is 55.1 Å². The van der Waals surface area contributed by atoms with Crippen LogP contribution in [-0.2, 0) is 0 Å². The van der Waals surface area contributed by atoms with Crippen LogP contribution < -0.4 is 5.32 Å². The molecule has 1 atom stereocenters. The van der Waals surface area contributed by atoms with E-state index in [2.05, 4.69) is 44.8 Å². The molecule has 16 heavy (non-hydrogen) atoms. The molecule has 4 nitrogen and oxygen atoms in total. The molecular formula is C11H17BrN2O2.